The summed E-state index contributed by atoms with van der Waals surface area (Å²) < 4.78 is 10.7. The molecule has 2 aromatic rings. The molecule has 25 heavy (non-hydrogen) atoms. The molecule has 1 atom stereocenters. The Hall–Kier alpha value is -2.82. The summed E-state index contributed by atoms with van der Waals surface area (Å²) >= 11 is 0. The highest BCUT2D eigenvalue weighted by molar-refractivity contribution is 6.03. The zero-order valence-electron chi connectivity index (χ0n) is 13.8. The van der Waals surface area contributed by atoms with Gasteiger partial charge in [-0.2, -0.15) is 0 Å². The fraction of sp³-hybridized carbons (Fsp3) is 0.300. The van der Waals surface area contributed by atoms with Crippen LogP contribution in [0.2, 0.25) is 0 Å². The second-order valence-electron chi connectivity index (χ2n) is 6.41. The van der Waals surface area contributed by atoms with Crippen LogP contribution < -0.4 is 9.47 Å². The second-order valence-corrected chi connectivity index (χ2v) is 6.41. The van der Waals surface area contributed by atoms with Gasteiger partial charge in [0, 0.05) is 13.0 Å². The van der Waals surface area contributed by atoms with Gasteiger partial charge in [-0.3, -0.25) is 14.5 Å². The Morgan fingerprint density at radius 3 is 2.60 bits per heavy atom. The van der Waals surface area contributed by atoms with E-state index in [1.54, 1.807) is 0 Å². The first-order valence-corrected chi connectivity index (χ1v) is 8.47. The zero-order chi connectivity index (χ0) is 17.2. The average Bonchev–Trinajstić information content (AvgIpc) is 3.19. The number of fused-ring (bicyclic) bond motifs is 1. The number of carbonyl (C=O) groups excluding carboxylic acids is 2. The quantitative estimate of drug-likeness (QED) is 0.787. The van der Waals surface area contributed by atoms with Crippen molar-refractivity contribution in [3.8, 4) is 11.5 Å². The minimum atomic E-state index is -0.244. The van der Waals surface area contributed by atoms with Crippen molar-refractivity contribution in [2.45, 2.75) is 19.3 Å². The first kappa shape index (κ1) is 15.7. The van der Waals surface area contributed by atoms with Crippen LogP contribution in [0.1, 0.15) is 17.5 Å². The third-order valence-electron chi connectivity index (χ3n) is 4.72. The standard InChI is InChI=1S/C20H19NO4/c22-19-12-16(10-14-4-2-1-3-5-14)20(23)21(19)9-8-15-6-7-17-18(11-15)25-13-24-17/h1-7,11,16H,8-10,12-13H2/t16-/m1/s1. The third kappa shape index (κ3) is 3.22. The zero-order valence-corrected chi connectivity index (χ0v) is 13.8. The molecule has 0 radical (unpaired) electrons. The van der Waals surface area contributed by atoms with Crippen LogP contribution in [-0.2, 0) is 22.4 Å². The number of hydrogen-bond acceptors (Lipinski definition) is 4. The molecule has 0 N–H and O–H groups in total. The van der Waals surface area contributed by atoms with E-state index in [0.717, 1.165) is 22.6 Å². The van der Waals surface area contributed by atoms with Crippen LogP contribution in [0.25, 0.3) is 0 Å². The van der Waals surface area contributed by atoms with Gasteiger partial charge in [0.05, 0.1) is 5.92 Å². The molecule has 2 aliphatic rings. The maximum absolute atomic E-state index is 12.6. The van der Waals surface area contributed by atoms with Crippen molar-refractivity contribution in [3.05, 3.63) is 59.7 Å². The van der Waals surface area contributed by atoms with E-state index in [9.17, 15) is 9.59 Å². The lowest BCUT2D eigenvalue weighted by Crippen LogP contribution is -2.33. The molecule has 128 valence electrons. The van der Waals surface area contributed by atoms with E-state index in [-0.39, 0.29) is 24.5 Å². The summed E-state index contributed by atoms with van der Waals surface area (Å²) in [5.41, 5.74) is 2.11. The Kier molecular flexibility index (Phi) is 4.14. The number of carbonyl (C=O) groups is 2. The van der Waals surface area contributed by atoms with Gasteiger partial charge in [-0.05, 0) is 36.1 Å². The molecule has 0 saturated carbocycles. The van der Waals surface area contributed by atoms with Crippen molar-refractivity contribution in [1.29, 1.82) is 0 Å². The molecule has 5 nitrogen and oxygen atoms in total. The van der Waals surface area contributed by atoms with Gasteiger partial charge in [0.1, 0.15) is 0 Å². The van der Waals surface area contributed by atoms with E-state index < -0.39 is 0 Å². The van der Waals surface area contributed by atoms with Gasteiger partial charge in [-0.1, -0.05) is 36.4 Å². The number of ether oxygens (including phenoxy) is 2. The van der Waals surface area contributed by atoms with Crippen LogP contribution >= 0.6 is 0 Å². The summed E-state index contributed by atoms with van der Waals surface area (Å²) in [6.45, 7) is 0.644. The van der Waals surface area contributed by atoms with Crippen molar-refractivity contribution in [3.63, 3.8) is 0 Å². The van der Waals surface area contributed by atoms with E-state index in [2.05, 4.69) is 0 Å². The van der Waals surface area contributed by atoms with Crippen LogP contribution in [0, 0.1) is 5.92 Å². The predicted octanol–water partition coefficient (Wildman–Crippen LogP) is 2.58. The molecule has 4 rings (SSSR count). The fourth-order valence-corrected chi connectivity index (χ4v) is 3.38. The molecule has 1 fully saturated rings. The fourth-order valence-electron chi connectivity index (χ4n) is 3.38. The van der Waals surface area contributed by atoms with Crippen molar-refractivity contribution in [2.24, 2.45) is 5.92 Å². The van der Waals surface area contributed by atoms with Crippen LogP contribution in [0.3, 0.4) is 0 Å². The van der Waals surface area contributed by atoms with Gasteiger partial charge in [0.25, 0.3) is 0 Å². The van der Waals surface area contributed by atoms with Gasteiger partial charge in [0.2, 0.25) is 18.6 Å². The molecule has 2 heterocycles. The lowest BCUT2D eigenvalue weighted by atomic mass is 9.98. The average molecular weight is 337 g/mol. The summed E-state index contributed by atoms with van der Waals surface area (Å²) in [5, 5.41) is 0. The number of benzene rings is 2. The minimum Gasteiger partial charge on any atom is -0.454 e. The van der Waals surface area contributed by atoms with Crippen molar-refractivity contribution >= 4 is 11.8 Å². The maximum atomic E-state index is 12.6. The summed E-state index contributed by atoms with van der Waals surface area (Å²) in [5.74, 6) is 1.08. The van der Waals surface area contributed by atoms with Gasteiger partial charge < -0.3 is 9.47 Å². The second kappa shape index (κ2) is 6.59. The van der Waals surface area contributed by atoms with Gasteiger partial charge in [-0.15, -0.1) is 0 Å². The van der Waals surface area contributed by atoms with E-state index in [0.29, 0.717) is 25.8 Å². The third-order valence-corrected chi connectivity index (χ3v) is 4.72. The Labute approximate surface area is 146 Å². The topological polar surface area (TPSA) is 55.8 Å². The highest BCUT2D eigenvalue weighted by atomic mass is 16.7. The predicted molar refractivity (Wildman–Crippen MR) is 91.2 cm³/mol. The highest BCUT2D eigenvalue weighted by Crippen LogP contribution is 2.33. The largest absolute Gasteiger partial charge is 0.454 e. The first-order valence-electron chi connectivity index (χ1n) is 8.47. The van der Waals surface area contributed by atoms with Crippen LogP contribution in [0.5, 0.6) is 11.5 Å². The number of nitrogens with zero attached hydrogens (tertiary/aromatic N) is 1. The summed E-state index contributed by atoms with van der Waals surface area (Å²) in [6, 6.07) is 15.6. The number of rotatable bonds is 5. The Bertz CT molecular complexity index is 803. The summed E-state index contributed by atoms with van der Waals surface area (Å²) in [4.78, 5) is 26.2. The molecule has 2 aliphatic heterocycles. The van der Waals surface area contributed by atoms with E-state index in [1.165, 1.54) is 4.90 Å². The lowest BCUT2D eigenvalue weighted by Gasteiger charge is -2.15. The number of hydrogen-bond donors (Lipinski definition) is 0. The minimum absolute atomic E-state index is 0.0606. The lowest BCUT2D eigenvalue weighted by molar-refractivity contribution is -0.139. The molecule has 0 aliphatic carbocycles. The highest BCUT2D eigenvalue weighted by Gasteiger charge is 2.37. The maximum Gasteiger partial charge on any atom is 0.233 e. The van der Waals surface area contributed by atoms with Crippen molar-refractivity contribution < 1.29 is 19.1 Å². The summed E-state index contributed by atoms with van der Waals surface area (Å²) in [7, 11) is 0. The van der Waals surface area contributed by atoms with Gasteiger partial charge in [-0.25, -0.2) is 0 Å². The van der Waals surface area contributed by atoms with Gasteiger partial charge >= 0.3 is 0 Å². The van der Waals surface area contributed by atoms with E-state index >= 15 is 0 Å². The van der Waals surface area contributed by atoms with Crippen LogP contribution in [0.15, 0.2) is 48.5 Å². The molecule has 1 saturated heterocycles. The van der Waals surface area contributed by atoms with E-state index in [4.69, 9.17) is 9.47 Å². The molecule has 2 amide bonds. The number of amides is 2. The smallest absolute Gasteiger partial charge is 0.233 e. The monoisotopic (exact) mass is 337 g/mol. The van der Waals surface area contributed by atoms with Crippen LogP contribution in [-0.4, -0.2) is 30.1 Å². The normalized spacial score (nSPS) is 18.9. The molecule has 0 aromatic heterocycles. The van der Waals surface area contributed by atoms with E-state index in [1.807, 2.05) is 48.5 Å². The molecule has 0 spiro atoms. The molecule has 0 unspecified atom stereocenters. The molecular weight excluding hydrogens is 318 g/mol. The Morgan fingerprint density at radius 1 is 0.960 bits per heavy atom. The summed E-state index contributed by atoms with van der Waals surface area (Å²) in [6.07, 6.45) is 1.53. The number of likely N-dealkylation sites (tertiary alicyclic amines) is 1. The van der Waals surface area contributed by atoms with Crippen molar-refractivity contribution in [2.75, 3.05) is 13.3 Å². The van der Waals surface area contributed by atoms with Gasteiger partial charge in [0.15, 0.2) is 11.5 Å². The SMILES string of the molecule is O=C1C[C@@H](Cc2ccccc2)C(=O)N1CCc1ccc2c(c1)OCO2. The Balaban J connectivity index is 1.39. The molecule has 0 bridgehead atoms. The Morgan fingerprint density at radius 2 is 1.76 bits per heavy atom. The number of imide groups is 1. The first-order chi connectivity index (χ1) is 12.2. The molecule has 2 aromatic carbocycles. The van der Waals surface area contributed by atoms with Crippen molar-refractivity contribution in [1.82, 2.24) is 4.90 Å². The molecule has 5 heteroatoms. The van der Waals surface area contributed by atoms with Crippen LogP contribution in [0.4, 0.5) is 0 Å². The molecular formula is C20H19NO4.